The predicted octanol–water partition coefficient (Wildman–Crippen LogP) is 4.46. The van der Waals surface area contributed by atoms with Crippen LogP contribution in [-0.2, 0) is 6.42 Å². The summed E-state index contributed by atoms with van der Waals surface area (Å²) in [5.74, 6) is 0.778. The molecule has 104 valence electrons. The third-order valence-electron chi connectivity index (χ3n) is 4.29. The normalized spacial score (nSPS) is 16.1. The molecule has 1 atom stereocenters. The van der Waals surface area contributed by atoms with Crippen molar-refractivity contribution < 1.29 is 5.11 Å². The zero-order valence-electron chi connectivity index (χ0n) is 12.3. The average Bonchev–Trinajstić information content (AvgIpc) is 3.27. The predicted molar refractivity (Wildman–Crippen MR) is 83.0 cm³/mol. The Morgan fingerprint density at radius 3 is 2.40 bits per heavy atom. The Labute approximate surface area is 121 Å². The number of rotatable bonds is 4. The van der Waals surface area contributed by atoms with Crippen LogP contribution in [0.1, 0.15) is 52.7 Å². The van der Waals surface area contributed by atoms with Crippen molar-refractivity contribution >= 4 is 0 Å². The second kappa shape index (κ2) is 5.41. The Kier molecular flexibility index (Phi) is 3.62. The van der Waals surface area contributed by atoms with E-state index in [2.05, 4.69) is 56.3 Å². The van der Waals surface area contributed by atoms with Crippen LogP contribution in [0.4, 0.5) is 0 Å². The molecular formula is C19H22O. The Hall–Kier alpha value is -1.60. The molecule has 1 fully saturated rings. The second-order valence-corrected chi connectivity index (χ2v) is 6.09. The van der Waals surface area contributed by atoms with E-state index in [1.165, 1.54) is 35.1 Å². The summed E-state index contributed by atoms with van der Waals surface area (Å²) in [5, 5.41) is 10.4. The quantitative estimate of drug-likeness (QED) is 0.866. The summed E-state index contributed by atoms with van der Waals surface area (Å²) in [4.78, 5) is 0. The summed E-state index contributed by atoms with van der Waals surface area (Å²) in [7, 11) is 0. The molecule has 20 heavy (non-hydrogen) atoms. The topological polar surface area (TPSA) is 20.2 Å². The lowest BCUT2D eigenvalue weighted by molar-refractivity contribution is 0.178. The summed E-state index contributed by atoms with van der Waals surface area (Å²) < 4.78 is 0. The minimum Gasteiger partial charge on any atom is -0.388 e. The zero-order valence-corrected chi connectivity index (χ0v) is 12.3. The fourth-order valence-electron chi connectivity index (χ4n) is 2.75. The standard InChI is InChI=1S/C19H22O/c1-13-3-4-14(2)18(11-13)12-19(20)17-9-7-16(8-10-17)15-5-6-15/h3-4,7-11,15,19-20H,5-6,12H2,1-2H3. The van der Waals surface area contributed by atoms with Gasteiger partial charge in [0.2, 0.25) is 0 Å². The molecule has 3 rings (SSSR count). The molecule has 0 aliphatic heterocycles. The van der Waals surface area contributed by atoms with Crippen molar-refractivity contribution in [1.29, 1.82) is 0 Å². The lowest BCUT2D eigenvalue weighted by atomic mass is 9.96. The van der Waals surface area contributed by atoms with Crippen molar-refractivity contribution in [2.75, 3.05) is 0 Å². The van der Waals surface area contributed by atoms with E-state index >= 15 is 0 Å². The van der Waals surface area contributed by atoms with Crippen molar-refractivity contribution in [2.45, 2.75) is 45.1 Å². The minimum atomic E-state index is -0.413. The molecule has 1 unspecified atom stereocenters. The number of aliphatic hydroxyl groups is 1. The molecular weight excluding hydrogens is 244 g/mol. The fourth-order valence-corrected chi connectivity index (χ4v) is 2.75. The van der Waals surface area contributed by atoms with Crippen molar-refractivity contribution in [3.05, 3.63) is 70.3 Å². The van der Waals surface area contributed by atoms with Gasteiger partial charge < -0.3 is 5.11 Å². The Morgan fingerprint density at radius 2 is 1.75 bits per heavy atom. The molecule has 1 nitrogen and oxygen atoms in total. The molecule has 0 saturated heterocycles. The van der Waals surface area contributed by atoms with E-state index in [4.69, 9.17) is 0 Å². The van der Waals surface area contributed by atoms with Crippen LogP contribution in [0.5, 0.6) is 0 Å². The SMILES string of the molecule is Cc1ccc(C)c(CC(O)c2ccc(C3CC3)cc2)c1. The van der Waals surface area contributed by atoms with Gasteiger partial charge in [-0.3, -0.25) is 0 Å². The molecule has 1 saturated carbocycles. The molecule has 1 heteroatoms. The van der Waals surface area contributed by atoms with E-state index in [0.29, 0.717) is 6.42 Å². The first-order valence-electron chi connectivity index (χ1n) is 7.47. The van der Waals surface area contributed by atoms with Crippen LogP contribution in [-0.4, -0.2) is 5.11 Å². The van der Waals surface area contributed by atoms with E-state index < -0.39 is 6.10 Å². The molecule has 1 aliphatic carbocycles. The second-order valence-electron chi connectivity index (χ2n) is 6.09. The van der Waals surface area contributed by atoms with Crippen molar-refractivity contribution in [2.24, 2.45) is 0 Å². The van der Waals surface area contributed by atoms with Gasteiger partial charge in [-0.25, -0.2) is 0 Å². The van der Waals surface area contributed by atoms with Gasteiger partial charge in [0, 0.05) is 6.42 Å². The smallest absolute Gasteiger partial charge is 0.0830 e. The van der Waals surface area contributed by atoms with Crippen LogP contribution in [0.3, 0.4) is 0 Å². The minimum absolute atomic E-state index is 0.413. The van der Waals surface area contributed by atoms with Gasteiger partial charge in [-0.2, -0.15) is 0 Å². The van der Waals surface area contributed by atoms with E-state index in [1.807, 2.05) is 0 Å². The summed E-state index contributed by atoms with van der Waals surface area (Å²) in [6.07, 6.45) is 2.93. The lowest BCUT2D eigenvalue weighted by Crippen LogP contribution is -2.03. The summed E-state index contributed by atoms with van der Waals surface area (Å²) >= 11 is 0. The number of hydrogen-bond donors (Lipinski definition) is 1. The first-order valence-corrected chi connectivity index (χ1v) is 7.47. The molecule has 0 aromatic heterocycles. The number of benzene rings is 2. The molecule has 0 spiro atoms. The highest BCUT2D eigenvalue weighted by Crippen LogP contribution is 2.40. The molecule has 0 amide bonds. The molecule has 1 aliphatic rings. The van der Waals surface area contributed by atoms with Gasteiger partial charge in [0.1, 0.15) is 0 Å². The first-order chi connectivity index (χ1) is 9.63. The van der Waals surface area contributed by atoms with Crippen LogP contribution >= 0.6 is 0 Å². The summed E-state index contributed by atoms with van der Waals surface area (Å²) in [6.45, 7) is 4.21. The van der Waals surface area contributed by atoms with Crippen molar-refractivity contribution in [3.63, 3.8) is 0 Å². The molecule has 2 aromatic carbocycles. The maximum atomic E-state index is 10.4. The van der Waals surface area contributed by atoms with Crippen LogP contribution in [0, 0.1) is 13.8 Å². The van der Waals surface area contributed by atoms with Crippen LogP contribution in [0.25, 0.3) is 0 Å². The summed E-state index contributed by atoms with van der Waals surface area (Å²) in [5.41, 5.74) is 6.19. The van der Waals surface area contributed by atoms with E-state index in [0.717, 1.165) is 11.5 Å². The van der Waals surface area contributed by atoms with Gasteiger partial charge >= 0.3 is 0 Å². The lowest BCUT2D eigenvalue weighted by Gasteiger charge is -2.14. The number of aliphatic hydroxyl groups excluding tert-OH is 1. The molecule has 0 bridgehead atoms. The molecule has 1 N–H and O–H groups in total. The monoisotopic (exact) mass is 266 g/mol. The molecule has 2 aromatic rings. The number of hydrogen-bond acceptors (Lipinski definition) is 1. The molecule has 0 radical (unpaired) electrons. The zero-order chi connectivity index (χ0) is 14.1. The van der Waals surface area contributed by atoms with Crippen molar-refractivity contribution in [3.8, 4) is 0 Å². The van der Waals surface area contributed by atoms with Crippen LogP contribution in [0.15, 0.2) is 42.5 Å². The van der Waals surface area contributed by atoms with Gasteiger partial charge in [0.25, 0.3) is 0 Å². The first kappa shape index (κ1) is 13.4. The fraction of sp³-hybridized carbons (Fsp3) is 0.368. The van der Waals surface area contributed by atoms with Crippen molar-refractivity contribution in [1.82, 2.24) is 0 Å². The van der Waals surface area contributed by atoms with Gasteiger partial charge in [0.15, 0.2) is 0 Å². The highest BCUT2D eigenvalue weighted by Gasteiger charge is 2.23. The maximum absolute atomic E-state index is 10.4. The Balaban J connectivity index is 1.74. The van der Waals surface area contributed by atoms with Gasteiger partial charge in [-0.1, -0.05) is 48.0 Å². The van der Waals surface area contributed by atoms with Crippen LogP contribution < -0.4 is 0 Å². The van der Waals surface area contributed by atoms with E-state index in [1.54, 1.807) is 0 Å². The van der Waals surface area contributed by atoms with Gasteiger partial charge in [-0.05, 0) is 54.9 Å². The highest BCUT2D eigenvalue weighted by molar-refractivity contribution is 5.33. The Morgan fingerprint density at radius 1 is 1.05 bits per heavy atom. The van der Waals surface area contributed by atoms with Gasteiger partial charge in [-0.15, -0.1) is 0 Å². The van der Waals surface area contributed by atoms with Gasteiger partial charge in [0.05, 0.1) is 6.10 Å². The molecule has 0 heterocycles. The van der Waals surface area contributed by atoms with Crippen LogP contribution in [0.2, 0.25) is 0 Å². The average molecular weight is 266 g/mol. The largest absolute Gasteiger partial charge is 0.388 e. The maximum Gasteiger partial charge on any atom is 0.0830 e. The highest BCUT2D eigenvalue weighted by atomic mass is 16.3. The Bertz CT molecular complexity index is 594. The number of aryl methyl sites for hydroxylation is 2. The van der Waals surface area contributed by atoms with E-state index in [-0.39, 0.29) is 0 Å². The summed E-state index contributed by atoms with van der Waals surface area (Å²) in [6, 6.07) is 15.0. The van der Waals surface area contributed by atoms with E-state index in [9.17, 15) is 5.11 Å². The third kappa shape index (κ3) is 2.94. The third-order valence-corrected chi connectivity index (χ3v) is 4.29.